The fourth-order valence-electron chi connectivity index (χ4n) is 4.51. The Balaban J connectivity index is 1.61. The summed E-state index contributed by atoms with van der Waals surface area (Å²) in [5.41, 5.74) is 4.76. The second kappa shape index (κ2) is 13.8. The SMILES string of the molecule is CCCCCCCCN1C(=O)C(=Cc2cn(-c3ccccc3)nc2-c2ccc(OCCC)cc2C)SC1=S. The van der Waals surface area contributed by atoms with E-state index >= 15 is 0 Å². The van der Waals surface area contributed by atoms with Crippen molar-refractivity contribution in [3.63, 3.8) is 0 Å². The molecule has 1 saturated heterocycles. The van der Waals surface area contributed by atoms with Crippen LogP contribution in [0.4, 0.5) is 0 Å². The van der Waals surface area contributed by atoms with E-state index in [4.69, 9.17) is 22.1 Å². The highest BCUT2D eigenvalue weighted by molar-refractivity contribution is 8.26. The first-order valence-corrected chi connectivity index (χ1v) is 14.9. The Kier molecular flexibility index (Phi) is 10.2. The zero-order chi connectivity index (χ0) is 26.9. The molecule has 2 heterocycles. The lowest BCUT2D eigenvalue weighted by Crippen LogP contribution is -2.29. The first-order valence-electron chi connectivity index (χ1n) is 13.7. The highest BCUT2D eigenvalue weighted by Crippen LogP contribution is 2.36. The van der Waals surface area contributed by atoms with Crippen LogP contribution in [0, 0.1) is 6.92 Å². The fraction of sp³-hybridized carbons (Fsp3) is 0.387. The van der Waals surface area contributed by atoms with Crippen molar-refractivity contribution in [2.45, 2.75) is 65.7 Å². The number of para-hydroxylation sites is 1. The van der Waals surface area contributed by atoms with Gasteiger partial charge in [-0.05, 0) is 61.7 Å². The van der Waals surface area contributed by atoms with E-state index in [1.165, 1.54) is 37.4 Å². The van der Waals surface area contributed by atoms with E-state index < -0.39 is 0 Å². The number of nitrogens with zero attached hydrogens (tertiary/aromatic N) is 3. The number of ether oxygens (including phenoxy) is 1. The average molecular weight is 548 g/mol. The number of thioether (sulfide) groups is 1. The van der Waals surface area contributed by atoms with Crippen molar-refractivity contribution >= 4 is 40.3 Å². The number of hydrogen-bond donors (Lipinski definition) is 0. The Morgan fingerprint density at radius 3 is 2.50 bits per heavy atom. The fourth-order valence-corrected chi connectivity index (χ4v) is 5.81. The maximum absolute atomic E-state index is 13.3. The smallest absolute Gasteiger partial charge is 0.266 e. The van der Waals surface area contributed by atoms with Gasteiger partial charge in [0.1, 0.15) is 15.8 Å². The zero-order valence-corrected chi connectivity index (χ0v) is 24.2. The Morgan fingerprint density at radius 1 is 1.00 bits per heavy atom. The van der Waals surface area contributed by atoms with Gasteiger partial charge in [-0.1, -0.05) is 88.1 Å². The summed E-state index contributed by atoms with van der Waals surface area (Å²) < 4.78 is 8.34. The Bertz CT molecular complexity index is 1280. The molecule has 3 aromatic rings. The predicted octanol–water partition coefficient (Wildman–Crippen LogP) is 8.20. The molecular formula is C31H37N3O2S2. The molecule has 0 spiro atoms. The minimum atomic E-state index is -0.00740. The van der Waals surface area contributed by atoms with Crippen molar-refractivity contribution in [3.05, 3.63) is 70.8 Å². The first kappa shape index (κ1) is 28.1. The Labute approximate surface area is 236 Å². The summed E-state index contributed by atoms with van der Waals surface area (Å²) in [7, 11) is 0. The second-order valence-corrected chi connectivity index (χ2v) is 11.3. The van der Waals surface area contributed by atoms with Gasteiger partial charge in [0.15, 0.2) is 0 Å². The molecule has 7 heteroatoms. The van der Waals surface area contributed by atoms with E-state index in [2.05, 4.69) is 32.9 Å². The van der Waals surface area contributed by atoms with Crippen LogP contribution in [-0.2, 0) is 4.79 Å². The van der Waals surface area contributed by atoms with Crippen LogP contribution < -0.4 is 4.74 Å². The van der Waals surface area contributed by atoms with Gasteiger partial charge in [0, 0.05) is 23.9 Å². The molecule has 5 nitrogen and oxygen atoms in total. The monoisotopic (exact) mass is 547 g/mol. The minimum absolute atomic E-state index is 0.00740. The summed E-state index contributed by atoms with van der Waals surface area (Å²) in [6.45, 7) is 7.76. The number of carbonyl (C=O) groups excluding carboxylic acids is 1. The molecule has 0 unspecified atom stereocenters. The number of aromatic nitrogens is 2. The van der Waals surface area contributed by atoms with Gasteiger partial charge in [-0.3, -0.25) is 9.69 Å². The molecular weight excluding hydrogens is 510 g/mol. The quantitative estimate of drug-likeness (QED) is 0.123. The van der Waals surface area contributed by atoms with E-state index in [0.29, 0.717) is 22.4 Å². The van der Waals surface area contributed by atoms with Crippen LogP contribution in [0.25, 0.3) is 23.0 Å². The van der Waals surface area contributed by atoms with E-state index in [1.54, 1.807) is 4.90 Å². The molecule has 1 aliphatic heterocycles. The van der Waals surface area contributed by atoms with Crippen LogP contribution in [0.15, 0.2) is 59.6 Å². The number of aryl methyl sites for hydroxylation is 1. The summed E-state index contributed by atoms with van der Waals surface area (Å²) >= 11 is 6.99. The van der Waals surface area contributed by atoms with E-state index in [9.17, 15) is 4.79 Å². The second-order valence-electron chi connectivity index (χ2n) is 9.64. The van der Waals surface area contributed by atoms with E-state index in [1.807, 2.05) is 53.4 Å². The highest BCUT2D eigenvalue weighted by atomic mass is 32.2. The van der Waals surface area contributed by atoms with Gasteiger partial charge in [0.25, 0.3) is 5.91 Å². The molecule has 0 saturated carbocycles. The molecule has 1 aliphatic rings. The normalized spacial score (nSPS) is 14.6. The number of unbranched alkanes of at least 4 members (excludes halogenated alkanes) is 5. The third kappa shape index (κ3) is 6.94. The molecule has 0 bridgehead atoms. The molecule has 1 aromatic heterocycles. The van der Waals surface area contributed by atoms with Gasteiger partial charge < -0.3 is 4.74 Å². The van der Waals surface area contributed by atoms with Crippen molar-refractivity contribution < 1.29 is 9.53 Å². The Hall–Kier alpha value is -2.90. The maximum atomic E-state index is 13.3. The molecule has 0 N–H and O–H groups in total. The van der Waals surface area contributed by atoms with E-state index in [-0.39, 0.29) is 5.91 Å². The topological polar surface area (TPSA) is 47.4 Å². The van der Waals surface area contributed by atoms with Gasteiger partial charge in [0.2, 0.25) is 0 Å². The average Bonchev–Trinajstić information content (AvgIpc) is 3.46. The Morgan fingerprint density at radius 2 is 1.76 bits per heavy atom. The van der Waals surface area contributed by atoms with Gasteiger partial charge in [-0.25, -0.2) is 4.68 Å². The van der Waals surface area contributed by atoms with E-state index in [0.717, 1.165) is 53.1 Å². The van der Waals surface area contributed by atoms with Gasteiger partial charge in [0.05, 0.1) is 17.2 Å². The summed E-state index contributed by atoms with van der Waals surface area (Å²) in [5, 5.41) is 4.96. The van der Waals surface area contributed by atoms with Gasteiger partial charge in [-0.15, -0.1) is 0 Å². The summed E-state index contributed by atoms with van der Waals surface area (Å²) in [6.07, 6.45) is 12.0. The van der Waals surface area contributed by atoms with Crippen molar-refractivity contribution in [2.24, 2.45) is 0 Å². The van der Waals surface area contributed by atoms with Gasteiger partial charge >= 0.3 is 0 Å². The zero-order valence-electron chi connectivity index (χ0n) is 22.6. The highest BCUT2D eigenvalue weighted by Gasteiger charge is 2.32. The lowest BCUT2D eigenvalue weighted by molar-refractivity contribution is -0.122. The predicted molar refractivity (Wildman–Crippen MR) is 163 cm³/mol. The van der Waals surface area contributed by atoms with Crippen LogP contribution in [-0.4, -0.2) is 38.1 Å². The van der Waals surface area contributed by atoms with Crippen LogP contribution in [0.3, 0.4) is 0 Å². The van der Waals surface area contributed by atoms with Crippen LogP contribution >= 0.6 is 24.0 Å². The summed E-state index contributed by atoms with van der Waals surface area (Å²) in [6, 6.07) is 16.1. The number of carbonyl (C=O) groups is 1. The van der Waals surface area contributed by atoms with Crippen molar-refractivity contribution in [2.75, 3.05) is 13.2 Å². The molecule has 1 fully saturated rings. The standard InChI is InChI=1S/C31H37N3O2S2/c1-4-6-7-8-9-13-18-33-30(35)28(38-31(33)37)21-24-22-34(25-14-11-10-12-15-25)32-29(24)27-17-16-26(20-23(27)3)36-19-5-2/h10-12,14-17,20-22H,4-9,13,18-19H2,1-3H3. The molecule has 1 amide bonds. The molecule has 0 radical (unpaired) electrons. The number of hydrogen-bond acceptors (Lipinski definition) is 5. The van der Waals surface area contributed by atoms with Crippen LogP contribution in [0.1, 0.15) is 69.9 Å². The molecule has 200 valence electrons. The molecule has 38 heavy (non-hydrogen) atoms. The van der Waals surface area contributed by atoms with Crippen molar-refractivity contribution in [1.29, 1.82) is 0 Å². The lowest BCUT2D eigenvalue weighted by Gasteiger charge is -2.14. The third-order valence-electron chi connectivity index (χ3n) is 6.58. The molecule has 2 aromatic carbocycles. The lowest BCUT2D eigenvalue weighted by atomic mass is 10.0. The van der Waals surface area contributed by atoms with Crippen LogP contribution in [0.5, 0.6) is 5.75 Å². The van der Waals surface area contributed by atoms with Crippen molar-refractivity contribution in [1.82, 2.24) is 14.7 Å². The summed E-state index contributed by atoms with van der Waals surface area (Å²) in [5.74, 6) is 0.847. The number of rotatable bonds is 13. The number of benzene rings is 2. The van der Waals surface area contributed by atoms with Crippen molar-refractivity contribution in [3.8, 4) is 22.7 Å². The number of amides is 1. The minimum Gasteiger partial charge on any atom is -0.494 e. The van der Waals surface area contributed by atoms with Gasteiger partial charge in [-0.2, -0.15) is 5.10 Å². The first-order chi connectivity index (χ1) is 18.5. The maximum Gasteiger partial charge on any atom is 0.266 e. The summed E-state index contributed by atoms with van der Waals surface area (Å²) in [4.78, 5) is 15.7. The third-order valence-corrected chi connectivity index (χ3v) is 7.96. The molecule has 0 atom stereocenters. The number of thiocarbonyl (C=S) groups is 1. The molecule has 0 aliphatic carbocycles. The van der Waals surface area contributed by atoms with Crippen LogP contribution in [0.2, 0.25) is 0 Å². The largest absolute Gasteiger partial charge is 0.494 e. The molecule has 4 rings (SSSR count).